The lowest BCUT2D eigenvalue weighted by molar-refractivity contribution is -0.0104. The Morgan fingerprint density at radius 1 is 1.15 bits per heavy atom. The molecule has 2 atom stereocenters. The van der Waals surface area contributed by atoms with Crippen molar-refractivity contribution >= 4 is 51.0 Å². The highest BCUT2D eigenvalue weighted by Gasteiger charge is 2.33. The lowest BCUT2D eigenvalue weighted by Gasteiger charge is -2.36. The van der Waals surface area contributed by atoms with E-state index >= 15 is 0 Å². The second-order valence-corrected chi connectivity index (χ2v) is 15.5. The summed E-state index contributed by atoms with van der Waals surface area (Å²) in [6.45, 7) is 16.1. The van der Waals surface area contributed by atoms with Crippen molar-refractivity contribution in [1.82, 2.24) is 24.5 Å². The molecule has 48 heavy (non-hydrogen) atoms. The van der Waals surface area contributed by atoms with Crippen LogP contribution in [-0.2, 0) is 16.0 Å². The average molecular weight is 677 g/mol. The minimum Gasteiger partial charge on any atom is -0.444 e. The summed E-state index contributed by atoms with van der Waals surface area (Å²) in [6, 6.07) is 9.23. The van der Waals surface area contributed by atoms with Crippen molar-refractivity contribution in [3.8, 4) is 6.07 Å². The number of nitrogens with one attached hydrogen (secondary N) is 1. The summed E-state index contributed by atoms with van der Waals surface area (Å²) in [5.74, 6) is 0.882. The second kappa shape index (κ2) is 13.6. The highest BCUT2D eigenvalue weighted by Crippen LogP contribution is 2.31. The van der Waals surface area contributed by atoms with E-state index in [1.54, 1.807) is 28.9 Å². The molecule has 2 N–H and O–H groups in total. The quantitative estimate of drug-likeness (QED) is 0.227. The Labute approximate surface area is 284 Å². The lowest BCUT2D eigenvalue weighted by Crippen LogP contribution is -2.49. The summed E-state index contributed by atoms with van der Waals surface area (Å²) in [4.78, 5) is 39.1. The zero-order valence-corrected chi connectivity index (χ0v) is 29.6. The van der Waals surface area contributed by atoms with Crippen LogP contribution in [0, 0.1) is 17.2 Å². The molecule has 2 amide bonds. The van der Waals surface area contributed by atoms with Gasteiger partial charge in [0.2, 0.25) is 0 Å². The van der Waals surface area contributed by atoms with E-state index in [4.69, 9.17) is 19.4 Å². The first kappa shape index (κ1) is 34.8. The third kappa shape index (κ3) is 8.14. The summed E-state index contributed by atoms with van der Waals surface area (Å²) in [5.41, 5.74) is 1.29. The van der Waals surface area contributed by atoms with Crippen molar-refractivity contribution in [2.75, 3.05) is 29.9 Å². The normalized spacial score (nSPS) is 17.1. The molecule has 3 aromatic heterocycles. The third-order valence-electron chi connectivity index (χ3n) is 7.77. The summed E-state index contributed by atoms with van der Waals surface area (Å²) in [7, 11) is 0. The fourth-order valence-corrected chi connectivity index (χ4v) is 6.34. The molecule has 0 aliphatic carbocycles. The Bertz CT molecular complexity index is 1850. The number of piperidine rings is 1. The molecule has 4 heterocycles. The van der Waals surface area contributed by atoms with Crippen LogP contribution in [0.4, 0.5) is 21.2 Å². The fraction of sp³-hybridized carbons (Fsp3) is 0.529. The number of ether oxygens (including phenoxy) is 2. The first-order valence-electron chi connectivity index (χ1n) is 16.1. The summed E-state index contributed by atoms with van der Waals surface area (Å²) in [6.07, 6.45) is 0.547. The molecule has 5 rings (SSSR count). The Balaban J connectivity index is 1.46. The van der Waals surface area contributed by atoms with Gasteiger partial charge in [-0.2, -0.15) is 14.9 Å². The van der Waals surface area contributed by atoms with E-state index < -0.39 is 29.5 Å². The summed E-state index contributed by atoms with van der Waals surface area (Å²) >= 11 is 1.43. The number of nitrogens with zero attached hydrogens (tertiary/aromatic N) is 7. The van der Waals surface area contributed by atoms with Crippen LogP contribution >= 0.6 is 11.3 Å². The van der Waals surface area contributed by atoms with Gasteiger partial charge in [-0.15, -0.1) is 11.3 Å². The number of nitriles is 1. The number of aromatic nitrogens is 4. The van der Waals surface area contributed by atoms with Gasteiger partial charge in [0.15, 0.2) is 5.65 Å². The molecule has 0 spiro atoms. The molecule has 13 nitrogen and oxygen atoms in total. The second-order valence-electron chi connectivity index (χ2n) is 14.4. The van der Waals surface area contributed by atoms with Crippen LogP contribution in [0.25, 0.3) is 15.9 Å². The molecule has 0 bridgehead atoms. The van der Waals surface area contributed by atoms with Gasteiger partial charge < -0.3 is 24.8 Å². The van der Waals surface area contributed by atoms with Crippen LogP contribution in [0.1, 0.15) is 83.9 Å². The Hall–Kier alpha value is -4.48. The lowest BCUT2D eigenvalue weighted by atomic mass is 9.94. The highest BCUT2D eigenvalue weighted by atomic mass is 32.1. The van der Waals surface area contributed by atoms with Crippen molar-refractivity contribution in [1.29, 1.82) is 5.26 Å². The smallest absolute Gasteiger partial charge is 0.416 e. The number of amides is 2. The molecular weight excluding hydrogens is 632 g/mol. The number of hydrogen-bond acceptors (Lipinski definition) is 11. The van der Waals surface area contributed by atoms with Gasteiger partial charge in [0, 0.05) is 30.6 Å². The number of rotatable bonds is 7. The molecule has 1 aromatic carbocycles. The predicted octanol–water partition coefficient (Wildman–Crippen LogP) is 6.31. The molecule has 14 heteroatoms. The number of anilines is 2. The molecule has 4 aromatic rings. The molecule has 0 saturated carbocycles. The molecule has 1 aliphatic rings. The van der Waals surface area contributed by atoms with Gasteiger partial charge in [-0.1, -0.05) is 13.8 Å². The predicted molar refractivity (Wildman–Crippen MR) is 184 cm³/mol. The van der Waals surface area contributed by atoms with Crippen LogP contribution < -0.4 is 10.2 Å². The van der Waals surface area contributed by atoms with Crippen LogP contribution in [-0.4, -0.2) is 78.7 Å². The third-order valence-corrected chi connectivity index (χ3v) is 8.79. The van der Waals surface area contributed by atoms with Gasteiger partial charge in [-0.3, -0.25) is 4.90 Å². The maximum atomic E-state index is 13.9. The summed E-state index contributed by atoms with van der Waals surface area (Å²) < 4.78 is 13.9. The molecule has 256 valence electrons. The number of carbonyl (C=O) groups excluding carboxylic acids is 2. The maximum Gasteiger partial charge on any atom is 0.416 e. The van der Waals surface area contributed by atoms with Crippen LogP contribution in [0.3, 0.4) is 0 Å². The Kier molecular flexibility index (Phi) is 9.84. The Morgan fingerprint density at radius 3 is 2.52 bits per heavy atom. The monoisotopic (exact) mass is 676 g/mol. The van der Waals surface area contributed by atoms with E-state index in [9.17, 15) is 20.0 Å². The van der Waals surface area contributed by atoms with Crippen molar-refractivity contribution in [2.45, 2.75) is 91.6 Å². The number of carbonyl (C=O) groups is 2. The number of β-amino-alcohol motifs (C(OH)–C–C–N with tert-alkyl or cyclic N) is 1. The van der Waals surface area contributed by atoms with Crippen LogP contribution in [0.15, 0.2) is 30.5 Å². The van der Waals surface area contributed by atoms with E-state index in [0.717, 1.165) is 10.3 Å². The number of likely N-dealkylation sites (tertiary alicyclic amines) is 1. The van der Waals surface area contributed by atoms with E-state index in [2.05, 4.69) is 30.3 Å². The van der Waals surface area contributed by atoms with Gasteiger partial charge >= 0.3 is 12.2 Å². The topological polar surface area (TPSA) is 158 Å². The highest BCUT2D eigenvalue weighted by molar-refractivity contribution is 7.18. The van der Waals surface area contributed by atoms with E-state index in [1.807, 2.05) is 47.6 Å². The standard InChI is InChI=1S/C34H44N8O5S/c1-20(2)23-17-37-42-29(41(32(45)47-34(6,7)8)19-28-38-24-13-21(15-35)9-10-26(24)48-28)14-27(39-30(23)42)36-16-22-11-12-40(18-25(22)43)31(44)46-33(3,4)5/h9-10,13-14,17,20,22,25,43H,11-12,16,18-19H2,1-8H3,(H,36,39)/t22-,25+/m1/s1. The molecule has 0 radical (unpaired) electrons. The van der Waals surface area contributed by atoms with Crippen molar-refractivity contribution in [3.05, 3.63) is 46.6 Å². The number of fused-ring (bicyclic) bond motifs is 2. The molecule has 0 unspecified atom stereocenters. The maximum absolute atomic E-state index is 13.9. The first-order chi connectivity index (χ1) is 22.5. The van der Waals surface area contributed by atoms with Gasteiger partial charge in [0.1, 0.15) is 27.8 Å². The van der Waals surface area contributed by atoms with Gasteiger partial charge in [0.05, 0.1) is 47.2 Å². The molecule has 1 aliphatic heterocycles. The van der Waals surface area contributed by atoms with Gasteiger partial charge in [0.25, 0.3) is 0 Å². The molecule has 1 saturated heterocycles. The van der Waals surface area contributed by atoms with Crippen LogP contribution in [0.5, 0.6) is 0 Å². The SMILES string of the molecule is CC(C)c1cnn2c(N(Cc3nc4cc(C#N)ccc4s3)C(=O)OC(C)(C)C)cc(NC[C@H]3CCN(C(=O)OC(C)(C)C)C[C@@H]3O)nc12. The minimum absolute atomic E-state index is 0.0907. The number of thiazole rings is 1. The van der Waals surface area contributed by atoms with Gasteiger partial charge in [-0.05, 0) is 72.1 Å². The fourth-order valence-electron chi connectivity index (χ4n) is 5.40. The summed E-state index contributed by atoms with van der Waals surface area (Å²) in [5, 5.41) is 29.0. The zero-order chi connectivity index (χ0) is 35.0. The number of benzene rings is 1. The Morgan fingerprint density at radius 2 is 1.88 bits per heavy atom. The minimum atomic E-state index is -0.768. The molecule has 1 fully saturated rings. The molecular formula is C34H44N8O5S. The number of aliphatic hydroxyl groups excluding tert-OH is 1. The van der Waals surface area contributed by atoms with E-state index in [1.165, 1.54) is 21.1 Å². The van der Waals surface area contributed by atoms with Crippen molar-refractivity contribution < 1.29 is 24.2 Å². The average Bonchev–Trinajstić information content (AvgIpc) is 3.60. The van der Waals surface area contributed by atoms with Crippen molar-refractivity contribution in [3.63, 3.8) is 0 Å². The number of aliphatic hydroxyl groups is 1. The largest absolute Gasteiger partial charge is 0.444 e. The zero-order valence-electron chi connectivity index (χ0n) is 28.8. The van der Waals surface area contributed by atoms with Crippen LogP contribution in [0.2, 0.25) is 0 Å². The first-order valence-corrected chi connectivity index (χ1v) is 16.9. The van der Waals surface area contributed by atoms with Gasteiger partial charge in [-0.25, -0.2) is 19.6 Å². The van der Waals surface area contributed by atoms with E-state index in [0.29, 0.717) is 52.9 Å². The number of hydrogen-bond donors (Lipinski definition) is 2. The van der Waals surface area contributed by atoms with Crippen molar-refractivity contribution in [2.24, 2.45) is 5.92 Å². The van der Waals surface area contributed by atoms with E-state index in [-0.39, 0.29) is 24.9 Å².